The smallest absolute Gasteiger partial charge is 0.0437 e. The molecule has 1 aromatic carbocycles. The van der Waals surface area contributed by atoms with Gasteiger partial charge in [0.1, 0.15) is 0 Å². The van der Waals surface area contributed by atoms with E-state index in [2.05, 4.69) is 49.5 Å². The Morgan fingerprint density at radius 2 is 2.00 bits per heavy atom. The van der Waals surface area contributed by atoms with Gasteiger partial charge in [0.2, 0.25) is 0 Å². The van der Waals surface area contributed by atoms with Gasteiger partial charge in [-0.3, -0.25) is 0 Å². The fourth-order valence-electron chi connectivity index (χ4n) is 2.80. The SMILES string of the molecule is CC(C)CC1(c2ccccc2)CCCN1. The van der Waals surface area contributed by atoms with Gasteiger partial charge < -0.3 is 5.32 Å². The molecule has 15 heavy (non-hydrogen) atoms. The van der Waals surface area contributed by atoms with Gasteiger partial charge in [-0.05, 0) is 37.3 Å². The fourth-order valence-corrected chi connectivity index (χ4v) is 2.80. The normalized spacial score (nSPS) is 26.1. The largest absolute Gasteiger partial charge is 0.307 e. The molecule has 1 aromatic rings. The summed E-state index contributed by atoms with van der Waals surface area (Å²) in [6.45, 7) is 5.79. The van der Waals surface area contributed by atoms with Crippen LogP contribution in [0.2, 0.25) is 0 Å². The topological polar surface area (TPSA) is 12.0 Å². The highest BCUT2D eigenvalue weighted by Gasteiger charge is 2.35. The van der Waals surface area contributed by atoms with Gasteiger partial charge in [0.25, 0.3) is 0 Å². The van der Waals surface area contributed by atoms with Crippen molar-refractivity contribution in [3.8, 4) is 0 Å². The van der Waals surface area contributed by atoms with Gasteiger partial charge in [-0.15, -0.1) is 0 Å². The molecule has 1 aliphatic heterocycles. The molecule has 2 rings (SSSR count). The summed E-state index contributed by atoms with van der Waals surface area (Å²) >= 11 is 0. The predicted molar refractivity (Wildman–Crippen MR) is 64.8 cm³/mol. The van der Waals surface area contributed by atoms with Crippen molar-refractivity contribution in [2.24, 2.45) is 5.92 Å². The second kappa shape index (κ2) is 4.36. The van der Waals surface area contributed by atoms with E-state index in [0.29, 0.717) is 0 Å². The van der Waals surface area contributed by atoms with Crippen LogP contribution in [0, 0.1) is 5.92 Å². The van der Waals surface area contributed by atoms with Crippen LogP contribution in [-0.2, 0) is 5.54 Å². The van der Waals surface area contributed by atoms with E-state index in [1.54, 1.807) is 0 Å². The Morgan fingerprint density at radius 1 is 1.27 bits per heavy atom. The van der Waals surface area contributed by atoms with Gasteiger partial charge in [0.05, 0.1) is 0 Å². The Kier molecular flexibility index (Phi) is 3.11. The van der Waals surface area contributed by atoms with Crippen LogP contribution in [-0.4, -0.2) is 6.54 Å². The minimum absolute atomic E-state index is 0.259. The van der Waals surface area contributed by atoms with Gasteiger partial charge in [-0.2, -0.15) is 0 Å². The maximum atomic E-state index is 3.72. The molecule has 0 radical (unpaired) electrons. The summed E-state index contributed by atoms with van der Waals surface area (Å²) in [6.07, 6.45) is 3.84. The standard InChI is InChI=1S/C14H21N/c1-12(2)11-14(9-6-10-15-14)13-7-4-3-5-8-13/h3-5,7-8,12,15H,6,9-11H2,1-2H3. The molecule has 1 saturated heterocycles. The third kappa shape index (κ3) is 2.23. The lowest BCUT2D eigenvalue weighted by Crippen LogP contribution is -2.37. The summed E-state index contributed by atoms with van der Waals surface area (Å²) in [5, 5.41) is 3.72. The molecule has 1 aliphatic rings. The maximum Gasteiger partial charge on any atom is 0.0437 e. The van der Waals surface area contributed by atoms with Crippen LogP contribution in [0.15, 0.2) is 30.3 Å². The van der Waals surface area contributed by atoms with Gasteiger partial charge in [-0.25, -0.2) is 0 Å². The molecular formula is C14H21N. The molecule has 0 saturated carbocycles. The van der Waals surface area contributed by atoms with Crippen LogP contribution in [0.3, 0.4) is 0 Å². The molecule has 1 heterocycles. The first-order valence-corrected chi connectivity index (χ1v) is 6.03. The average molecular weight is 203 g/mol. The first-order valence-electron chi connectivity index (χ1n) is 6.03. The van der Waals surface area contributed by atoms with Crippen molar-refractivity contribution in [3.05, 3.63) is 35.9 Å². The van der Waals surface area contributed by atoms with E-state index in [0.717, 1.165) is 5.92 Å². The van der Waals surface area contributed by atoms with Crippen LogP contribution < -0.4 is 5.32 Å². The first kappa shape index (κ1) is 10.7. The van der Waals surface area contributed by atoms with Crippen molar-refractivity contribution < 1.29 is 0 Å². The van der Waals surface area contributed by atoms with Crippen LogP contribution in [0.4, 0.5) is 0 Å². The van der Waals surface area contributed by atoms with Crippen molar-refractivity contribution >= 4 is 0 Å². The van der Waals surface area contributed by atoms with E-state index in [1.165, 1.54) is 31.4 Å². The monoisotopic (exact) mass is 203 g/mol. The predicted octanol–water partition coefficient (Wildman–Crippen LogP) is 3.31. The zero-order valence-electron chi connectivity index (χ0n) is 9.79. The van der Waals surface area contributed by atoms with E-state index >= 15 is 0 Å². The summed E-state index contributed by atoms with van der Waals surface area (Å²) < 4.78 is 0. The molecular weight excluding hydrogens is 182 g/mol. The molecule has 1 fully saturated rings. The number of hydrogen-bond acceptors (Lipinski definition) is 1. The summed E-state index contributed by atoms with van der Waals surface area (Å²) in [7, 11) is 0. The Morgan fingerprint density at radius 3 is 2.53 bits per heavy atom. The van der Waals surface area contributed by atoms with Crippen molar-refractivity contribution in [2.45, 2.75) is 38.6 Å². The van der Waals surface area contributed by atoms with E-state index in [-0.39, 0.29) is 5.54 Å². The van der Waals surface area contributed by atoms with E-state index in [9.17, 15) is 0 Å². The minimum atomic E-state index is 0.259. The minimum Gasteiger partial charge on any atom is -0.307 e. The van der Waals surface area contributed by atoms with Crippen LogP contribution in [0.1, 0.15) is 38.7 Å². The molecule has 1 N–H and O–H groups in total. The lowest BCUT2D eigenvalue weighted by Gasteiger charge is -2.32. The number of nitrogens with one attached hydrogen (secondary N) is 1. The number of benzene rings is 1. The lowest BCUT2D eigenvalue weighted by atomic mass is 9.81. The molecule has 0 aromatic heterocycles. The summed E-state index contributed by atoms with van der Waals surface area (Å²) in [6, 6.07) is 10.9. The molecule has 1 nitrogen and oxygen atoms in total. The average Bonchev–Trinajstić information content (AvgIpc) is 2.68. The number of rotatable bonds is 3. The van der Waals surface area contributed by atoms with E-state index in [1.807, 2.05) is 0 Å². The third-order valence-electron chi connectivity index (χ3n) is 3.33. The maximum absolute atomic E-state index is 3.72. The van der Waals surface area contributed by atoms with Crippen LogP contribution in [0.25, 0.3) is 0 Å². The van der Waals surface area contributed by atoms with Gasteiger partial charge >= 0.3 is 0 Å². The Hall–Kier alpha value is -0.820. The van der Waals surface area contributed by atoms with Gasteiger partial charge in [0, 0.05) is 5.54 Å². The quantitative estimate of drug-likeness (QED) is 0.794. The van der Waals surface area contributed by atoms with Crippen molar-refractivity contribution in [1.29, 1.82) is 0 Å². The van der Waals surface area contributed by atoms with E-state index in [4.69, 9.17) is 0 Å². The summed E-state index contributed by atoms with van der Waals surface area (Å²) in [5.74, 6) is 0.746. The zero-order chi connectivity index (χ0) is 10.7. The highest BCUT2D eigenvalue weighted by Crippen LogP contribution is 2.36. The molecule has 82 valence electrons. The summed E-state index contributed by atoms with van der Waals surface area (Å²) in [4.78, 5) is 0. The third-order valence-corrected chi connectivity index (χ3v) is 3.33. The lowest BCUT2D eigenvalue weighted by molar-refractivity contribution is 0.311. The Bertz CT molecular complexity index is 296. The first-order chi connectivity index (χ1) is 7.23. The van der Waals surface area contributed by atoms with Gasteiger partial charge in [0.15, 0.2) is 0 Å². The molecule has 1 atom stereocenters. The van der Waals surface area contributed by atoms with Gasteiger partial charge in [-0.1, -0.05) is 44.2 Å². The highest BCUT2D eigenvalue weighted by molar-refractivity contribution is 5.25. The van der Waals surface area contributed by atoms with Crippen molar-refractivity contribution in [3.63, 3.8) is 0 Å². The number of hydrogen-bond donors (Lipinski definition) is 1. The van der Waals surface area contributed by atoms with Crippen molar-refractivity contribution in [2.75, 3.05) is 6.54 Å². The zero-order valence-corrected chi connectivity index (χ0v) is 9.79. The molecule has 0 bridgehead atoms. The van der Waals surface area contributed by atoms with Crippen LogP contribution in [0.5, 0.6) is 0 Å². The molecule has 1 unspecified atom stereocenters. The fraction of sp³-hybridized carbons (Fsp3) is 0.571. The Balaban J connectivity index is 2.26. The second-order valence-electron chi connectivity index (χ2n) is 5.08. The van der Waals surface area contributed by atoms with Crippen molar-refractivity contribution in [1.82, 2.24) is 5.32 Å². The summed E-state index contributed by atoms with van der Waals surface area (Å²) in [5.41, 5.74) is 1.73. The molecule has 1 heteroatoms. The molecule has 0 aliphatic carbocycles. The Labute approximate surface area is 92.9 Å². The van der Waals surface area contributed by atoms with Crippen LogP contribution >= 0.6 is 0 Å². The van der Waals surface area contributed by atoms with E-state index < -0.39 is 0 Å². The molecule has 0 spiro atoms. The second-order valence-corrected chi connectivity index (χ2v) is 5.08. The molecule has 0 amide bonds. The highest BCUT2D eigenvalue weighted by atomic mass is 15.0.